The Labute approximate surface area is 172 Å². The zero-order valence-electron chi connectivity index (χ0n) is 17.1. The van der Waals surface area contributed by atoms with E-state index >= 15 is 0 Å². The van der Waals surface area contributed by atoms with Crippen LogP contribution in [-0.2, 0) is 17.9 Å². The maximum absolute atomic E-state index is 5.81. The van der Waals surface area contributed by atoms with Gasteiger partial charge in [-0.15, -0.1) is 0 Å². The van der Waals surface area contributed by atoms with Crippen LogP contribution in [0.15, 0.2) is 78.0 Å². The monoisotopic (exact) mass is 391 g/mol. The largest absolute Gasteiger partial charge is 0.376 e. The van der Waals surface area contributed by atoms with E-state index in [1.54, 1.807) is 13.2 Å². The number of rotatable bonds is 9. The molecular weight excluding hydrogens is 362 g/mol. The molecule has 29 heavy (non-hydrogen) atoms. The van der Waals surface area contributed by atoms with Gasteiger partial charge in [0.05, 0.1) is 18.9 Å². The molecule has 2 aromatic carbocycles. The Kier molecular flexibility index (Phi) is 7.83. The minimum atomic E-state index is 0.380. The summed E-state index contributed by atoms with van der Waals surface area (Å²) in [5.41, 5.74) is 3.43. The van der Waals surface area contributed by atoms with Crippen LogP contribution < -0.4 is 10.6 Å². The number of aliphatic imine (C=N–C) groups is 1. The van der Waals surface area contributed by atoms with Gasteiger partial charge in [-0.1, -0.05) is 49.4 Å². The fraction of sp³-hybridized carbons (Fsp3) is 0.304. The summed E-state index contributed by atoms with van der Waals surface area (Å²) in [5.74, 6) is 1.17. The first-order valence-electron chi connectivity index (χ1n) is 9.89. The van der Waals surface area contributed by atoms with Gasteiger partial charge in [-0.3, -0.25) is 4.99 Å². The summed E-state index contributed by atoms with van der Waals surface area (Å²) in [7, 11) is 1.78. The summed E-state index contributed by atoms with van der Waals surface area (Å²) < 4.78 is 7.66. The SMILES string of the molecule is CN=C(NCc1ccc(-n2cccn2)cc1)NCC(C)COCc1ccccc1. The molecule has 3 rings (SSSR count). The molecule has 0 aliphatic rings. The zero-order chi connectivity index (χ0) is 20.3. The number of hydrogen-bond acceptors (Lipinski definition) is 3. The Balaban J connectivity index is 1.36. The standard InChI is InChI=1S/C23H29N5O/c1-19(17-29-18-21-7-4-3-5-8-21)15-25-23(24-2)26-16-20-9-11-22(12-10-20)28-14-6-13-27-28/h3-14,19H,15-18H2,1-2H3,(H2,24,25,26). The highest BCUT2D eigenvalue weighted by Gasteiger charge is 2.05. The van der Waals surface area contributed by atoms with E-state index in [1.807, 2.05) is 35.1 Å². The normalized spacial score (nSPS) is 12.6. The second-order valence-corrected chi connectivity index (χ2v) is 7.03. The van der Waals surface area contributed by atoms with Crippen LogP contribution in [0.5, 0.6) is 0 Å². The minimum Gasteiger partial charge on any atom is -0.376 e. The van der Waals surface area contributed by atoms with Crippen molar-refractivity contribution in [3.05, 3.63) is 84.2 Å². The highest BCUT2D eigenvalue weighted by molar-refractivity contribution is 5.79. The van der Waals surface area contributed by atoms with Crippen LogP contribution in [0.4, 0.5) is 0 Å². The predicted octanol–water partition coefficient (Wildman–Crippen LogP) is 3.39. The van der Waals surface area contributed by atoms with Crippen molar-refractivity contribution < 1.29 is 4.74 Å². The summed E-state index contributed by atoms with van der Waals surface area (Å²) >= 11 is 0. The van der Waals surface area contributed by atoms with Crippen molar-refractivity contribution in [2.45, 2.75) is 20.1 Å². The van der Waals surface area contributed by atoms with Gasteiger partial charge in [0.2, 0.25) is 0 Å². The van der Waals surface area contributed by atoms with Crippen molar-refractivity contribution in [3.63, 3.8) is 0 Å². The summed E-state index contributed by atoms with van der Waals surface area (Å²) in [6.07, 6.45) is 3.71. The van der Waals surface area contributed by atoms with E-state index in [9.17, 15) is 0 Å². The van der Waals surface area contributed by atoms with E-state index < -0.39 is 0 Å². The number of ether oxygens (including phenoxy) is 1. The Morgan fingerprint density at radius 2 is 1.83 bits per heavy atom. The average Bonchev–Trinajstić information content (AvgIpc) is 3.30. The molecule has 0 radical (unpaired) electrons. The van der Waals surface area contributed by atoms with Gasteiger partial charge in [0.1, 0.15) is 0 Å². The molecule has 0 saturated carbocycles. The second kappa shape index (κ2) is 11.0. The van der Waals surface area contributed by atoms with Crippen molar-refractivity contribution in [2.75, 3.05) is 20.2 Å². The molecule has 0 spiro atoms. The molecule has 0 fully saturated rings. The van der Waals surface area contributed by atoms with Gasteiger partial charge in [0.25, 0.3) is 0 Å². The van der Waals surface area contributed by atoms with Gasteiger partial charge in [-0.05, 0) is 35.2 Å². The van der Waals surface area contributed by atoms with Gasteiger partial charge < -0.3 is 15.4 Å². The lowest BCUT2D eigenvalue weighted by Gasteiger charge is -2.16. The lowest BCUT2D eigenvalue weighted by Crippen LogP contribution is -2.39. The summed E-state index contributed by atoms with van der Waals surface area (Å²) in [4.78, 5) is 4.30. The first-order chi connectivity index (χ1) is 14.2. The van der Waals surface area contributed by atoms with E-state index in [0.717, 1.165) is 18.2 Å². The molecule has 6 nitrogen and oxygen atoms in total. The molecular formula is C23H29N5O. The first kappa shape index (κ1) is 20.6. The van der Waals surface area contributed by atoms with E-state index in [0.29, 0.717) is 25.7 Å². The third-order valence-corrected chi connectivity index (χ3v) is 4.52. The molecule has 0 bridgehead atoms. The molecule has 6 heteroatoms. The van der Waals surface area contributed by atoms with Crippen LogP contribution in [0.25, 0.3) is 5.69 Å². The van der Waals surface area contributed by atoms with Crippen LogP contribution in [0.1, 0.15) is 18.1 Å². The van der Waals surface area contributed by atoms with Gasteiger partial charge in [-0.25, -0.2) is 4.68 Å². The minimum absolute atomic E-state index is 0.380. The number of aromatic nitrogens is 2. The van der Waals surface area contributed by atoms with Gasteiger partial charge >= 0.3 is 0 Å². The topological polar surface area (TPSA) is 63.5 Å². The maximum Gasteiger partial charge on any atom is 0.191 e. The van der Waals surface area contributed by atoms with Crippen molar-refractivity contribution in [2.24, 2.45) is 10.9 Å². The number of benzene rings is 2. The molecule has 1 unspecified atom stereocenters. The van der Waals surface area contributed by atoms with Gasteiger partial charge in [-0.2, -0.15) is 5.10 Å². The molecule has 0 aliphatic carbocycles. The van der Waals surface area contributed by atoms with Crippen molar-refractivity contribution in [1.82, 2.24) is 20.4 Å². The van der Waals surface area contributed by atoms with E-state index in [4.69, 9.17) is 4.74 Å². The lowest BCUT2D eigenvalue weighted by molar-refractivity contribution is 0.0931. The van der Waals surface area contributed by atoms with Crippen LogP contribution in [0.3, 0.4) is 0 Å². The third-order valence-electron chi connectivity index (χ3n) is 4.52. The Bertz CT molecular complexity index is 860. The second-order valence-electron chi connectivity index (χ2n) is 7.03. The molecule has 152 valence electrons. The highest BCUT2D eigenvalue weighted by atomic mass is 16.5. The Hall–Kier alpha value is -3.12. The predicted molar refractivity (Wildman–Crippen MR) is 117 cm³/mol. The highest BCUT2D eigenvalue weighted by Crippen LogP contribution is 2.08. The lowest BCUT2D eigenvalue weighted by atomic mass is 10.2. The molecule has 3 aromatic rings. The third kappa shape index (κ3) is 6.76. The number of guanidine groups is 1. The summed E-state index contributed by atoms with van der Waals surface area (Å²) in [6.45, 7) is 5.02. The van der Waals surface area contributed by atoms with Crippen molar-refractivity contribution >= 4 is 5.96 Å². The van der Waals surface area contributed by atoms with Crippen molar-refractivity contribution in [1.29, 1.82) is 0 Å². The molecule has 0 aliphatic heterocycles. The van der Waals surface area contributed by atoms with Gasteiger partial charge in [0.15, 0.2) is 5.96 Å². The van der Waals surface area contributed by atoms with Crippen LogP contribution in [0.2, 0.25) is 0 Å². The smallest absolute Gasteiger partial charge is 0.191 e. The Morgan fingerprint density at radius 1 is 1.03 bits per heavy atom. The van der Waals surface area contributed by atoms with Crippen LogP contribution >= 0.6 is 0 Å². The van der Waals surface area contributed by atoms with E-state index in [1.165, 1.54) is 11.1 Å². The van der Waals surface area contributed by atoms with Crippen LogP contribution in [0, 0.1) is 5.92 Å². The first-order valence-corrected chi connectivity index (χ1v) is 9.89. The summed E-state index contributed by atoms with van der Waals surface area (Å²) in [6, 6.07) is 20.5. The molecule has 1 aromatic heterocycles. The van der Waals surface area contributed by atoms with Crippen molar-refractivity contribution in [3.8, 4) is 5.69 Å². The fourth-order valence-corrected chi connectivity index (χ4v) is 2.88. The van der Waals surface area contributed by atoms with Gasteiger partial charge in [0, 0.05) is 32.5 Å². The fourth-order valence-electron chi connectivity index (χ4n) is 2.88. The molecule has 2 N–H and O–H groups in total. The summed E-state index contributed by atoms with van der Waals surface area (Å²) in [5, 5.41) is 11.0. The number of hydrogen-bond donors (Lipinski definition) is 2. The van der Waals surface area contributed by atoms with E-state index in [-0.39, 0.29) is 0 Å². The quantitative estimate of drug-likeness (QED) is 0.434. The van der Waals surface area contributed by atoms with Crippen LogP contribution in [-0.4, -0.2) is 35.9 Å². The maximum atomic E-state index is 5.81. The zero-order valence-corrected chi connectivity index (χ0v) is 17.1. The van der Waals surface area contributed by atoms with E-state index in [2.05, 4.69) is 64.0 Å². The number of nitrogens with one attached hydrogen (secondary N) is 2. The molecule has 1 heterocycles. The molecule has 1 atom stereocenters. The average molecular weight is 392 g/mol. The number of nitrogens with zero attached hydrogens (tertiary/aromatic N) is 3. The Morgan fingerprint density at radius 3 is 2.52 bits per heavy atom. The molecule has 0 amide bonds. The molecule has 0 saturated heterocycles.